The fourth-order valence-corrected chi connectivity index (χ4v) is 2.92. The standard InChI is InChI=1S/C16H16BrClFN/c1-9-6-10(2)8-11(7-9)16(20-3)12-4-5-13(17)14(18)15(12)19/h4-8,16,20H,1-3H3. The molecule has 2 aromatic rings. The van der Waals surface area contributed by atoms with Crippen LogP contribution in [-0.4, -0.2) is 7.05 Å². The van der Waals surface area contributed by atoms with Crippen molar-refractivity contribution in [3.63, 3.8) is 0 Å². The molecule has 0 aliphatic heterocycles. The van der Waals surface area contributed by atoms with Gasteiger partial charge >= 0.3 is 0 Å². The summed E-state index contributed by atoms with van der Waals surface area (Å²) in [5.74, 6) is -0.389. The Morgan fingerprint density at radius 1 is 1.15 bits per heavy atom. The lowest BCUT2D eigenvalue weighted by Gasteiger charge is -2.20. The van der Waals surface area contributed by atoms with E-state index in [-0.39, 0.29) is 16.9 Å². The third kappa shape index (κ3) is 3.05. The average molecular weight is 357 g/mol. The normalized spacial score (nSPS) is 12.5. The first kappa shape index (κ1) is 15.5. The predicted octanol–water partition coefficient (Wildman–Crippen LogP) is 5.17. The van der Waals surface area contributed by atoms with Crippen molar-refractivity contribution in [3.05, 3.63) is 67.9 Å². The fourth-order valence-electron chi connectivity index (χ4n) is 2.44. The average Bonchev–Trinajstić information content (AvgIpc) is 2.38. The van der Waals surface area contributed by atoms with Crippen LogP contribution in [0.1, 0.15) is 28.3 Å². The smallest absolute Gasteiger partial charge is 0.148 e. The van der Waals surface area contributed by atoms with Crippen molar-refractivity contribution in [3.8, 4) is 0 Å². The molecule has 1 unspecified atom stereocenters. The molecule has 1 N–H and O–H groups in total. The molecule has 0 amide bonds. The number of rotatable bonds is 3. The molecule has 4 heteroatoms. The van der Waals surface area contributed by atoms with Gasteiger partial charge in [-0.1, -0.05) is 47.0 Å². The van der Waals surface area contributed by atoms with Crippen molar-refractivity contribution >= 4 is 27.5 Å². The Labute approximate surface area is 132 Å². The van der Waals surface area contributed by atoms with Crippen LogP contribution in [0, 0.1) is 19.7 Å². The van der Waals surface area contributed by atoms with Gasteiger partial charge in [0.25, 0.3) is 0 Å². The van der Waals surface area contributed by atoms with Crippen molar-refractivity contribution in [2.24, 2.45) is 0 Å². The van der Waals surface area contributed by atoms with E-state index in [9.17, 15) is 4.39 Å². The monoisotopic (exact) mass is 355 g/mol. The number of benzene rings is 2. The van der Waals surface area contributed by atoms with Gasteiger partial charge in [0, 0.05) is 10.0 Å². The zero-order valence-corrected chi connectivity index (χ0v) is 13.9. The van der Waals surface area contributed by atoms with Gasteiger partial charge in [-0.15, -0.1) is 0 Å². The maximum atomic E-state index is 14.4. The summed E-state index contributed by atoms with van der Waals surface area (Å²) in [6.45, 7) is 4.07. The molecule has 0 heterocycles. The highest BCUT2D eigenvalue weighted by atomic mass is 79.9. The van der Waals surface area contributed by atoms with Crippen LogP contribution < -0.4 is 5.32 Å². The SMILES string of the molecule is CNC(c1cc(C)cc(C)c1)c1ccc(Br)c(Cl)c1F. The second-order valence-corrected chi connectivity index (χ2v) is 6.14. The molecule has 0 saturated heterocycles. The second kappa shape index (κ2) is 6.25. The van der Waals surface area contributed by atoms with Gasteiger partial charge < -0.3 is 5.32 Å². The highest BCUT2D eigenvalue weighted by Gasteiger charge is 2.19. The summed E-state index contributed by atoms with van der Waals surface area (Å²) in [7, 11) is 1.82. The molecule has 0 aromatic heterocycles. The van der Waals surface area contributed by atoms with Crippen LogP contribution in [0.15, 0.2) is 34.8 Å². The molecule has 0 bridgehead atoms. The van der Waals surface area contributed by atoms with Gasteiger partial charge in [0.2, 0.25) is 0 Å². The zero-order valence-electron chi connectivity index (χ0n) is 11.6. The molecule has 1 atom stereocenters. The summed E-state index contributed by atoms with van der Waals surface area (Å²) in [5, 5.41) is 3.28. The highest BCUT2D eigenvalue weighted by molar-refractivity contribution is 9.10. The van der Waals surface area contributed by atoms with Gasteiger partial charge in [-0.25, -0.2) is 4.39 Å². The van der Waals surface area contributed by atoms with Crippen LogP contribution in [0.2, 0.25) is 5.02 Å². The first-order valence-electron chi connectivity index (χ1n) is 6.33. The van der Waals surface area contributed by atoms with E-state index in [0.717, 1.165) is 16.7 Å². The topological polar surface area (TPSA) is 12.0 Å². The van der Waals surface area contributed by atoms with Crippen LogP contribution in [-0.2, 0) is 0 Å². The minimum Gasteiger partial charge on any atom is -0.309 e. The first-order chi connectivity index (χ1) is 9.43. The van der Waals surface area contributed by atoms with Gasteiger partial charge in [0.1, 0.15) is 5.82 Å². The molecule has 0 aliphatic rings. The molecule has 106 valence electrons. The van der Waals surface area contributed by atoms with E-state index in [1.165, 1.54) is 0 Å². The molecule has 2 aromatic carbocycles. The van der Waals surface area contributed by atoms with E-state index < -0.39 is 0 Å². The summed E-state index contributed by atoms with van der Waals surface area (Å²) < 4.78 is 14.9. The summed E-state index contributed by atoms with van der Waals surface area (Å²) in [5.41, 5.74) is 3.89. The molecule has 20 heavy (non-hydrogen) atoms. The van der Waals surface area contributed by atoms with Crippen molar-refractivity contribution in [1.82, 2.24) is 5.32 Å². The van der Waals surface area contributed by atoms with E-state index in [1.54, 1.807) is 12.1 Å². The minimum absolute atomic E-state index is 0.118. The molecular weight excluding hydrogens is 341 g/mol. The number of hydrogen-bond acceptors (Lipinski definition) is 1. The van der Waals surface area contributed by atoms with Crippen LogP contribution in [0.25, 0.3) is 0 Å². The lowest BCUT2D eigenvalue weighted by molar-refractivity contribution is 0.575. The molecule has 0 radical (unpaired) electrons. The minimum atomic E-state index is -0.389. The third-order valence-electron chi connectivity index (χ3n) is 3.24. The highest BCUT2D eigenvalue weighted by Crippen LogP contribution is 2.33. The summed E-state index contributed by atoms with van der Waals surface area (Å²) in [6, 6.07) is 9.52. The van der Waals surface area contributed by atoms with Gasteiger partial charge in [-0.3, -0.25) is 0 Å². The van der Waals surface area contributed by atoms with Gasteiger partial charge in [-0.2, -0.15) is 0 Å². The molecule has 0 saturated carbocycles. The molecule has 0 fully saturated rings. The van der Waals surface area contributed by atoms with Crippen LogP contribution in [0.4, 0.5) is 4.39 Å². The number of nitrogens with one attached hydrogen (secondary N) is 1. The molecule has 0 aliphatic carbocycles. The van der Waals surface area contributed by atoms with Gasteiger partial charge in [-0.05, 0) is 48.5 Å². The van der Waals surface area contributed by atoms with Crippen molar-refractivity contribution in [2.45, 2.75) is 19.9 Å². The Hall–Kier alpha value is -0.900. The summed E-state index contributed by atoms with van der Waals surface area (Å²) in [4.78, 5) is 0. The van der Waals surface area contributed by atoms with Gasteiger partial charge in [0.05, 0.1) is 11.1 Å². The fraction of sp³-hybridized carbons (Fsp3) is 0.250. The lowest BCUT2D eigenvalue weighted by atomic mass is 9.95. The van der Waals surface area contributed by atoms with Crippen molar-refractivity contribution in [1.29, 1.82) is 0 Å². The second-order valence-electron chi connectivity index (χ2n) is 4.91. The van der Waals surface area contributed by atoms with Crippen LogP contribution >= 0.6 is 27.5 Å². The number of aryl methyl sites for hydroxylation is 2. The zero-order chi connectivity index (χ0) is 14.9. The van der Waals surface area contributed by atoms with Crippen molar-refractivity contribution < 1.29 is 4.39 Å². The largest absolute Gasteiger partial charge is 0.309 e. The van der Waals surface area contributed by atoms with E-state index in [2.05, 4.69) is 39.4 Å². The van der Waals surface area contributed by atoms with Gasteiger partial charge in [0.15, 0.2) is 0 Å². The molecule has 2 rings (SSSR count). The van der Waals surface area contributed by atoms with Crippen LogP contribution in [0.5, 0.6) is 0 Å². The molecule has 0 spiro atoms. The Morgan fingerprint density at radius 2 is 1.75 bits per heavy atom. The van der Waals surface area contributed by atoms with E-state index in [0.29, 0.717) is 10.0 Å². The molecule has 1 nitrogen and oxygen atoms in total. The van der Waals surface area contributed by atoms with E-state index >= 15 is 0 Å². The first-order valence-corrected chi connectivity index (χ1v) is 7.50. The van der Waals surface area contributed by atoms with Crippen LogP contribution in [0.3, 0.4) is 0 Å². The quantitative estimate of drug-likeness (QED) is 0.748. The summed E-state index contributed by atoms with van der Waals surface area (Å²) in [6.07, 6.45) is 0. The Kier molecular flexibility index (Phi) is 4.84. The maximum Gasteiger partial charge on any atom is 0.148 e. The number of hydrogen-bond donors (Lipinski definition) is 1. The lowest BCUT2D eigenvalue weighted by Crippen LogP contribution is -2.19. The number of halogens is 3. The molecular formula is C16H16BrClFN. The maximum absolute atomic E-state index is 14.4. The van der Waals surface area contributed by atoms with E-state index in [4.69, 9.17) is 11.6 Å². The Morgan fingerprint density at radius 3 is 2.30 bits per heavy atom. The predicted molar refractivity (Wildman–Crippen MR) is 85.9 cm³/mol. The van der Waals surface area contributed by atoms with Crippen molar-refractivity contribution in [2.75, 3.05) is 7.05 Å². The Balaban J connectivity index is 2.55. The summed E-state index contributed by atoms with van der Waals surface area (Å²) >= 11 is 9.22. The van der Waals surface area contributed by atoms with E-state index in [1.807, 2.05) is 20.9 Å². The Bertz CT molecular complexity index is 622. The third-order valence-corrected chi connectivity index (χ3v) is 4.50.